The van der Waals surface area contributed by atoms with Crippen molar-refractivity contribution in [1.82, 2.24) is 5.32 Å². The molecule has 0 atom stereocenters. The third-order valence-electron chi connectivity index (χ3n) is 2.35. The summed E-state index contributed by atoms with van der Waals surface area (Å²) in [6, 6.07) is 5.03. The van der Waals surface area contributed by atoms with Crippen LogP contribution >= 0.6 is 0 Å². The Balaban J connectivity index is 2.71. The molecule has 100 valence electrons. The topological polar surface area (TPSA) is 63.2 Å². The molecule has 0 aromatic heterocycles. The molecule has 1 rings (SSSR count). The van der Waals surface area contributed by atoms with Gasteiger partial charge in [-0.25, -0.2) is 12.8 Å². The van der Waals surface area contributed by atoms with Gasteiger partial charge in [0, 0.05) is 6.54 Å². The molecule has 1 aromatic carbocycles. The van der Waals surface area contributed by atoms with Crippen molar-refractivity contribution in [2.45, 2.75) is 24.7 Å². The Morgan fingerprint density at radius 2 is 2.00 bits per heavy atom. The van der Waals surface area contributed by atoms with E-state index in [2.05, 4.69) is 5.32 Å². The van der Waals surface area contributed by atoms with E-state index >= 15 is 0 Å². The normalized spacial score (nSPS) is 11.2. The summed E-state index contributed by atoms with van der Waals surface area (Å²) in [6.07, 6.45) is 1.69. The number of benzene rings is 1. The quantitative estimate of drug-likeness (QED) is 0.799. The summed E-state index contributed by atoms with van der Waals surface area (Å²) < 4.78 is 36.9. The number of nitrogens with one attached hydrogen (secondary N) is 1. The maximum absolute atomic E-state index is 13.3. The molecule has 0 aliphatic carbocycles. The molecule has 0 aliphatic heterocycles. The second-order valence-corrected chi connectivity index (χ2v) is 5.85. The van der Waals surface area contributed by atoms with Crippen LogP contribution < -0.4 is 5.32 Å². The summed E-state index contributed by atoms with van der Waals surface area (Å²) in [6.45, 7) is 2.39. The van der Waals surface area contributed by atoms with E-state index in [1.54, 1.807) is 0 Å². The fourth-order valence-corrected chi connectivity index (χ4v) is 2.66. The van der Waals surface area contributed by atoms with E-state index in [-0.39, 0.29) is 0 Å². The molecule has 18 heavy (non-hydrogen) atoms. The van der Waals surface area contributed by atoms with Crippen molar-refractivity contribution in [3.8, 4) is 0 Å². The fraction of sp³-hybridized carbons (Fsp3) is 0.417. The Morgan fingerprint density at radius 1 is 1.33 bits per heavy atom. The number of hydrogen-bond acceptors (Lipinski definition) is 3. The molecule has 0 saturated heterocycles. The largest absolute Gasteiger partial charge is 0.355 e. The summed E-state index contributed by atoms with van der Waals surface area (Å²) in [4.78, 5) is 11.0. The van der Waals surface area contributed by atoms with Crippen LogP contribution in [0.5, 0.6) is 0 Å². The lowest BCUT2D eigenvalue weighted by Crippen LogP contribution is -2.31. The molecule has 0 aliphatic rings. The minimum absolute atomic E-state index is 0.433. The lowest BCUT2D eigenvalue weighted by molar-refractivity contribution is -0.118. The standard InChI is InChI=1S/C12H16FNO3S/c1-2-3-8-14-12(15)9-18(16,17)11-7-5-4-6-10(11)13/h4-7H,2-3,8-9H2,1H3,(H,14,15). The maximum atomic E-state index is 13.3. The molecule has 0 heterocycles. The number of unbranched alkanes of at least 4 members (excludes halogenated alkanes) is 1. The molecule has 0 unspecified atom stereocenters. The molecular weight excluding hydrogens is 257 g/mol. The fourth-order valence-electron chi connectivity index (χ4n) is 1.40. The number of halogens is 1. The van der Waals surface area contributed by atoms with Gasteiger partial charge in [-0.15, -0.1) is 0 Å². The highest BCUT2D eigenvalue weighted by molar-refractivity contribution is 7.92. The summed E-state index contributed by atoms with van der Waals surface area (Å²) in [5.41, 5.74) is 0. The van der Waals surface area contributed by atoms with E-state index in [9.17, 15) is 17.6 Å². The average molecular weight is 273 g/mol. The van der Waals surface area contributed by atoms with Gasteiger partial charge in [0.25, 0.3) is 0 Å². The van der Waals surface area contributed by atoms with Crippen molar-refractivity contribution < 1.29 is 17.6 Å². The molecule has 1 aromatic rings. The number of carbonyl (C=O) groups excluding carboxylic acids is 1. The van der Waals surface area contributed by atoms with Gasteiger partial charge in [0.15, 0.2) is 9.84 Å². The van der Waals surface area contributed by atoms with E-state index in [1.165, 1.54) is 12.1 Å². The first kappa shape index (κ1) is 14.6. The third kappa shape index (κ3) is 4.10. The van der Waals surface area contributed by atoms with E-state index in [1.807, 2.05) is 6.92 Å². The van der Waals surface area contributed by atoms with Crippen molar-refractivity contribution in [2.75, 3.05) is 12.3 Å². The lowest BCUT2D eigenvalue weighted by Gasteiger charge is -2.06. The highest BCUT2D eigenvalue weighted by atomic mass is 32.2. The lowest BCUT2D eigenvalue weighted by atomic mass is 10.3. The molecule has 1 amide bonds. The minimum atomic E-state index is -3.91. The van der Waals surface area contributed by atoms with Crippen LogP contribution in [0, 0.1) is 5.82 Å². The SMILES string of the molecule is CCCCNC(=O)CS(=O)(=O)c1ccccc1F. The van der Waals surface area contributed by atoms with Crippen molar-refractivity contribution in [3.63, 3.8) is 0 Å². The van der Waals surface area contributed by atoms with Gasteiger partial charge >= 0.3 is 0 Å². The smallest absolute Gasteiger partial charge is 0.235 e. The van der Waals surface area contributed by atoms with Crippen LogP contribution in [0.4, 0.5) is 4.39 Å². The third-order valence-corrected chi connectivity index (χ3v) is 3.99. The van der Waals surface area contributed by atoms with Crippen LogP contribution in [-0.4, -0.2) is 26.6 Å². The van der Waals surface area contributed by atoms with Gasteiger partial charge in [-0.3, -0.25) is 4.79 Å². The average Bonchev–Trinajstić information content (AvgIpc) is 2.29. The molecule has 0 saturated carbocycles. The van der Waals surface area contributed by atoms with Crippen LogP contribution in [-0.2, 0) is 14.6 Å². The van der Waals surface area contributed by atoms with Crippen LogP contribution in [0.25, 0.3) is 0 Å². The van der Waals surface area contributed by atoms with E-state index < -0.39 is 32.2 Å². The summed E-state index contributed by atoms with van der Waals surface area (Å²) in [7, 11) is -3.91. The Bertz CT molecular complexity index is 514. The Hall–Kier alpha value is -1.43. The zero-order chi connectivity index (χ0) is 13.6. The maximum Gasteiger partial charge on any atom is 0.235 e. The second kappa shape index (κ2) is 6.49. The van der Waals surface area contributed by atoms with Crippen molar-refractivity contribution in [1.29, 1.82) is 0 Å². The molecule has 1 N–H and O–H groups in total. The molecule has 0 radical (unpaired) electrons. The Morgan fingerprint density at radius 3 is 2.61 bits per heavy atom. The van der Waals surface area contributed by atoms with E-state index in [0.29, 0.717) is 6.54 Å². The molecule has 4 nitrogen and oxygen atoms in total. The van der Waals surface area contributed by atoms with Gasteiger partial charge in [0.05, 0.1) is 0 Å². The predicted octanol–water partition coefficient (Wildman–Crippen LogP) is 1.52. The molecule has 6 heteroatoms. The minimum Gasteiger partial charge on any atom is -0.355 e. The summed E-state index contributed by atoms with van der Waals surface area (Å²) in [5, 5.41) is 2.49. The van der Waals surface area contributed by atoms with Gasteiger partial charge in [-0.2, -0.15) is 0 Å². The summed E-state index contributed by atoms with van der Waals surface area (Å²) >= 11 is 0. The van der Waals surface area contributed by atoms with Gasteiger partial charge in [-0.05, 0) is 18.6 Å². The Labute approximate surface area is 106 Å². The van der Waals surface area contributed by atoms with Gasteiger partial charge < -0.3 is 5.32 Å². The number of hydrogen-bond donors (Lipinski definition) is 1. The van der Waals surface area contributed by atoms with Gasteiger partial charge in [-0.1, -0.05) is 25.5 Å². The van der Waals surface area contributed by atoms with Crippen molar-refractivity contribution in [2.24, 2.45) is 0 Å². The molecular formula is C12H16FNO3S. The van der Waals surface area contributed by atoms with Crippen LogP contribution in [0.3, 0.4) is 0 Å². The number of amides is 1. The predicted molar refractivity (Wildman–Crippen MR) is 66.4 cm³/mol. The van der Waals surface area contributed by atoms with Crippen molar-refractivity contribution in [3.05, 3.63) is 30.1 Å². The zero-order valence-corrected chi connectivity index (χ0v) is 11.0. The molecule has 0 fully saturated rings. The van der Waals surface area contributed by atoms with Crippen LogP contribution in [0.1, 0.15) is 19.8 Å². The monoisotopic (exact) mass is 273 g/mol. The van der Waals surface area contributed by atoms with E-state index in [0.717, 1.165) is 25.0 Å². The molecule has 0 spiro atoms. The van der Waals surface area contributed by atoms with Crippen LogP contribution in [0.15, 0.2) is 29.2 Å². The van der Waals surface area contributed by atoms with E-state index in [4.69, 9.17) is 0 Å². The molecule has 0 bridgehead atoms. The van der Waals surface area contributed by atoms with Crippen molar-refractivity contribution >= 4 is 15.7 Å². The summed E-state index contributed by atoms with van der Waals surface area (Å²) in [5.74, 6) is -2.16. The number of sulfone groups is 1. The number of rotatable bonds is 6. The first-order valence-electron chi connectivity index (χ1n) is 5.71. The first-order chi connectivity index (χ1) is 8.47. The second-order valence-electron chi connectivity index (χ2n) is 3.89. The van der Waals surface area contributed by atoms with Crippen LogP contribution in [0.2, 0.25) is 0 Å². The number of carbonyl (C=O) groups is 1. The van der Waals surface area contributed by atoms with Gasteiger partial charge in [0.2, 0.25) is 5.91 Å². The first-order valence-corrected chi connectivity index (χ1v) is 7.36. The van der Waals surface area contributed by atoms with Gasteiger partial charge in [0.1, 0.15) is 16.5 Å². The zero-order valence-electron chi connectivity index (χ0n) is 10.1. The highest BCUT2D eigenvalue weighted by Crippen LogP contribution is 2.14. The highest BCUT2D eigenvalue weighted by Gasteiger charge is 2.22. The Kier molecular flexibility index (Phi) is 5.27.